The molecule has 2 saturated heterocycles. The van der Waals surface area contributed by atoms with Crippen LogP contribution in [0.4, 0.5) is 0 Å². The molecule has 2 aromatic carbocycles. The number of fused-ring (bicyclic) bond motifs is 2. The Balaban J connectivity index is 0.00000304. The lowest BCUT2D eigenvalue weighted by atomic mass is 9.94. The average molecular weight is 534 g/mol. The number of hydrogen-bond acceptors (Lipinski definition) is 8. The lowest BCUT2D eigenvalue weighted by Gasteiger charge is -2.46. The van der Waals surface area contributed by atoms with Crippen LogP contribution in [0.1, 0.15) is 50.4 Å². The molecule has 1 unspecified atom stereocenters. The van der Waals surface area contributed by atoms with Crippen LogP contribution in [0.5, 0.6) is 5.75 Å². The summed E-state index contributed by atoms with van der Waals surface area (Å²) >= 11 is 6.35. The Kier molecular flexibility index (Phi) is 8.10. The number of nitrogens with zero attached hydrogens (tertiary/aromatic N) is 3. The third-order valence-electron chi connectivity index (χ3n) is 7.36. The third kappa shape index (κ3) is 4.92. The van der Waals surface area contributed by atoms with E-state index >= 15 is 0 Å². The molecule has 36 heavy (non-hydrogen) atoms. The zero-order valence-corrected chi connectivity index (χ0v) is 21.8. The van der Waals surface area contributed by atoms with Gasteiger partial charge in [-0.1, -0.05) is 17.7 Å². The smallest absolute Gasteiger partial charge is 0.338 e. The van der Waals surface area contributed by atoms with Crippen LogP contribution >= 0.6 is 24.0 Å². The molecule has 192 valence electrons. The van der Waals surface area contributed by atoms with Gasteiger partial charge in [-0.2, -0.15) is 5.26 Å². The standard InChI is InChI=1S/C26H28ClN3O5.ClH/c1-15-18(3-4-19-21(15)14-35-26(19)32)25-12-30-6-5-29(10-17(30)13-34-25)11-23(31)20-8-24(33-2)16(9-28)7-22(20)27;/h3-4,7-8,17,23,25,31H,5-6,10-14H2,1-2H3;1H/t17-,23?,25-;/m0./s1. The number of nitriles is 1. The second-order valence-corrected chi connectivity index (χ2v) is 9.72. The highest BCUT2D eigenvalue weighted by atomic mass is 35.5. The number of morpholine rings is 1. The number of piperazine rings is 1. The fraction of sp³-hybridized carbons (Fsp3) is 0.462. The molecule has 0 bridgehead atoms. The van der Waals surface area contributed by atoms with E-state index in [1.54, 1.807) is 6.07 Å². The SMILES string of the molecule is COc1cc(C(O)CN2CCN3C[C@@H](c4ccc5c(c4C)COC5=O)OC[C@@H]3C2)c(Cl)cc1C#N.Cl. The van der Waals surface area contributed by atoms with Crippen molar-refractivity contribution in [2.24, 2.45) is 0 Å². The monoisotopic (exact) mass is 533 g/mol. The Morgan fingerprint density at radius 3 is 2.86 bits per heavy atom. The molecule has 3 aliphatic heterocycles. The maximum Gasteiger partial charge on any atom is 0.338 e. The summed E-state index contributed by atoms with van der Waals surface area (Å²) < 4.78 is 16.8. The molecule has 0 aliphatic carbocycles. The minimum absolute atomic E-state index is 0. The Bertz CT molecular complexity index is 1200. The molecule has 3 heterocycles. The van der Waals surface area contributed by atoms with Crippen molar-refractivity contribution in [2.45, 2.75) is 31.8 Å². The van der Waals surface area contributed by atoms with Crippen LogP contribution in [0, 0.1) is 18.3 Å². The zero-order chi connectivity index (χ0) is 24.7. The summed E-state index contributed by atoms with van der Waals surface area (Å²) in [5.74, 6) is 0.151. The maximum atomic E-state index is 11.9. The van der Waals surface area contributed by atoms with Crippen molar-refractivity contribution in [1.82, 2.24) is 9.80 Å². The Morgan fingerprint density at radius 1 is 1.31 bits per heavy atom. The first kappa shape index (κ1) is 26.7. The predicted octanol–water partition coefficient (Wildman–Crippen LogP) is 3.41. The Morgan fingerprint density at radius 2 is 2.11 bits per heavy atom. The predicted molar refractivity (Wildman–Crippen MR) is 136 cm³/mol. The fourth-order valence-electron chi connectivity index (χ4n) is 5.34. The molecule has 1 N–H and O–H groups in total. The van der Waals surface area contributed by atoms with E-state index in [2.05, 4.69) is 15.9 Å². The van der Waals surface area contributed by atoms with E-state index in [0.717, 1.165) is 42.9 Å². The molecule has 2 fully saturated rings. The van der Waals surface area contributed by atoms with Crippen LogP contribution in [-0.2, 0) is 16.1 Å². The number of hydrogen-bond donors (Lipinski definition) is 1. The molecule has 0 radical (unpaired) electrons. The Hall–Kier alpha value is -2.38. The second-order valence-electron chi connectivity index (χ2n) is 9.31. The summed E-state index contributed by atoms with van der Waals surface area (Å²) in [7, 11) is 1.49. The van der Waals surface area contributed by atoms with E-state index in [0.29, 0.717) is 47.2 Å². The highest BCUT2D eigenvalue weighted by molar-refractivity contribution is 6.31. The van der Waals surface area contributed by atoms with Gasteiger partial charge in [0, 0.05) is 54.9 Å². The average Bonchev–Trinajstić information content (AvgIpc) is 3.25. The first-order valence-electron chi connectivity index (χ1n) is 11.7. The molecule has 2 aromatic rings. The molecule has 10 heteroatoms. The van der Waals surface area contributed by atoms with E-state index < -0.39 is 6.10 Å². The molecule has 0 aromatic heterocycles. The molecule has 3 atom stereocenters. The first-order chi connectivity index (χ1) is 16.9. The van der Waals surface area contributed by atoms with Gasteiger partial charge in [-0.05, 0) is 36.2 Å². The van der Waals surface area contributed by atoms with Gasteiger partial charge in [0.2, 0.25) is 0 Å². The number of β-amino-alcohol motifs (C(OH)–C–C–N with tert-alkyl or cyclic N) is 1. The highest BCUT2D eigenvalue weighted by Gasteiger charge is 2.36. The van der Waals surface area contributed by atoms with Crippen LogP contribution in [0.15, 0.2) is 24.3 Å². The third-order valence-corrected chi connectivity index (χ3v) is 7.69. The number of carbonyl (C=O) groups excluding carboxylic acids is 1. The summed E-state index contributed by atoms with van der Waals surface area (Å²) in [6, 6.07) is 9.32. The molecule has 0 spiro atoms. The van der Waals surface area contributed by atoms with Gasteiger partial charge >= 0.3 is 5.97 Å². The van der Waals surface area contributed by atoms with E-state index in [4.69, 9.17) is 25.8 Å². The molecular weight excluding hydrogens is 505 g/mol. The summed E-state index contributed by atoms with van der Waals surface area (Å²) in [5, 5.41) is 20.5. The van der Waals surface area contributed by atoms with E-state index in [-0.39, 0.29) is 30.5 Å². The van der Waals surface area contributed by atoms with Crippen LogP contribution in [-0.4, -0.2) is 73.4 Å². The minimum Gasteiger partial charge on any atom is -0.495 e. The molecule has 5 rings (SSSR count). The lowest BCUT2D eigenvalue weighted by molar-refractivity contribution is -0.0939. The number of benzene rings is 2. The first-order valence-corrected chi connectivity index (χ1v) is 12.1. The summed E-state index contributed by atoms with van der Waals surface area (Å²) in [6.07, 6.45) is -0.846. The molecular formula is C26H29Cl2N3O5. The number of methoxy groups -OCH3 is 1. The van der Waals surface area contributed by atoms with Crippen LogP contribution in [0.3, 0.4) is 0 Å². The summed E-state index contributed by atoms with van der Waals surface area (Å²) in [6.45, 7) is 6.64. The van der Waals surface area contributed by atoms with Crippen molar-refractivity contribution < 1.29 is 24.1 Å². The minimum atomic E-state index is -0.799. The molecule has 8 nitrogen and oxygen atoms in total. The zero-order valence-electron chi connectivity index (χ0n) is 20.2. The van der Waals surface area contributed by atoms with Crippen molar-refractivity contribution in [3.05, 3.63) is 62.7 Å². The second kappa shape index (κ2) is 10.9. The molecule has 3 aliphatic rings. The Labute approximate surface area is 221 Å². The number of rotatable bonds is 5. The lowest BCUT2D eigenvalue weighted by Crippen LogP contribution is -2.58. The van der Waals surface area contributed by atoms with Crippen molar-refractivity contribution in [1.29, 1.82) is 5.26 Å². The van der Waals surface area contributed by atoms with Gasteiger partial charge in [0.25, 0.3) is 0 Å². The number of esters is 1. The number of aliphatic hydroxyl groups is 1. The number of aliphatic hydroxyl groups excluding tert-OH is 1. The summed E-state index contributed by atoms with van der Waals surface area (Å²) in [4.78, 5) is 16.5. The maximum absolute atomic E-state index is 11.9. The van der Waals surface area contributed by atoms with Gasteiger partial charge < -0.3 is 19.3 Å². The number of halogens is 2. The van der Waals surface area contributed by atoms with Crippen molar-refractivity contribution in [3.63, 3.8) is 0 Å². The number of cyclic esters (lactones) is 1. The van der Waals surface area contributed by atoms with Gasteiger partial charge in [-0.25, -0.2) is 4.79 Å². The van der Waals surface area contributed by atoms with Gasteiger partial charge in [0.1, 0.15) is 18.4 Å². The topological polar surface area (TPSA) is 95.3 Å². The van der Waals surface area contributed by atoms with Crippen LogP contribution in [0.2, 0.25) is 5.02 Å². The van der Waals surface area contributed by atoms with E-state index in [1.165, 1.54) is 13.2 Å². The van der Waals surface area contributed by atoms with Gasteiger partial charge in [0.15, 0.2) is 0 Å². The normalized spacial score (nSPS) is 22.6. The van der Waals surface area contributed by atoms with Crippen molar-refractivity contribution in [3.8, 4) is 11.8 Å². The largest absolute Gasteiger partial charge is 0.495 e. The van der Waals surface area contributed by atoms with Gasteiger partial charge in [-0.3, -0.25) is 9.80 Å². The fourth-order valence-corrected chi connectivity index (χ4v) is 5.63. The quantitative estimate of drug-likeness (QED) is 0.584. The summed E-state index contributed by atoms with van der Waals surface area (Å²) in [5.41, 5.74) is 4.71. The highest BCUT2D eigenvalue weighted by Crippen LogP contribution is 2.35. The molecule has 0 saturated carbocycles. The van der Waals surface area contributed by atoms with Gasteiger partial charge in [-0.15, -0.1) is 12.4 Å². The van der Waals surface area contributed by atoms with E-state index in [9.17, 15) is 15.2 Å². The number of ether oxygens (including phenoxy) is 3. The van der Waals surface area contributed by atoms with E-state index in [1.807, 2.05) is 19.1 Å². The van der Waals surface area contributed by atoms with Crippen molar-refractivity contribution >= 4 is 30.0 Å². The molecule has 0 amide bonds. The van der Waals surface area contributed by atoms with Gasteiger partial charge in [0.05, 0.1) is 37.1 Å². The van der Waals surface area contributed by atoms with Crippen LogP contribution in [0.25, 0.3) is 0 Å². The van der Waals surface area contributed by atoms with Crippen molar-refractivity contribution in [2.75, 3.05) is 46.4 Å². The number of carbonyl (C=O) groups is 1. The van der Waals surface area contributed by atoms with Crippen LogP contribution < -0.4 is 4.74 Å².